The van der Waals surface area contributed by atoms with Crippen molar-refractivity contribution in [2.75, 3.05) is 26.2 Å². The molecule has 1 fully saturated rings. The summed E-state index contributed by atoms with van der Waals surface area (Å²) in [4.78, 5) is 30.8. The molecule has 0 unspecified atom stereocenters. The molecular weight excluding hydrogens is 496 g/mol. The molecule has 1 aliphatic rings. The van der Waals surface area contributed by atoms with Gasteiger partial charge in [-0.1, -0.05) is 83.3 Å². The SMILES string of the molecule is CCCCN(CCCC)CCCN1C(=O)C(=O)C(=C(O)c2ccc(Cl)cc2)[C@H]1c1ccc(C(C)(C)C)cc1. The molecule has 0 spiro atoms. The van der Waals surface area contributed by atoms with Crippen LogP contribution in [0.5, 0.6) is 0 Å². The molecule has 1 amide bonds. The summed E-state index contributed by atoms with van der Waals surface area (Å²) in [7, 11) is 0. The average Bonchev–Trinajstić information content (AvgIpc) is 3.14. The highest BCUT2D eigenvalue weighted by Gasteiger charge is 2.45. The van der Waals surface area contributed by atoms with Crippen molar-refractivity contribution in [1.82, 2.24) is 9.80 Å². The van der Waals surface area contributed by atoms with E-state index in [9.17, 15) is 14.7 Å². The second kappa shape index (κ2) is 13.4. The van der Waals surface area contributed by atoms with Gasteiger partial charge in [-0.15, -0.1) is 0 Å². The minimum absolute atomic E-state index is 0.0237. The van der Waals surface area contributed by atoms with Crippen LogP contribution in [0.3, 0.4) is 0 Å². The number of Topliss-reactive ketones (excluding diaryl/α,β-unsaturated/α-hetero) is 1. The lowest BCUT2D eigenvalue weighted by molar-refractivity contribution is -0.140. The first-order valence-corrected chi connectivity index (χ1v) is 14.3. The Labute approximate surface area is 233 Å². The number of aliphatic hydroxyl groups excluding tert-OH is 1. The van der Waals surface area contributed by atoms with Gasteiger partial charge >= 0.3 is 0 Å². The van der Waals surface area contributed by atoms with E-state index in [1.165, 1.54) is 5.56 Å². The van der Waals surface area contributed by atoms with E-state index in [0.29, 0.717) is 17.1 Å². The van der Waals surface area contributed by atoms with Gasteiger partial charge in [0, 0.05) is 17.1 Å². The average molecular weight is 539 g/mol. The molecule has 1 saturated heterocycles. The number of hydrogen-bond acceptors (Lipinski definition) is 4. The van der Waals surface area contributed by atoms with Crippen molar-refractivity contribution in [2.24, 2.45) is 0 Å². The second-order valence-corrected chi connectivity index (χ2v) is 11.7. The Morgan fingerprint density at radius 2 is 1.45 bits per heavy atom. The number of carbonyl (C=O) groups is 2. The highest BCUT2D eigenvalue weighted by Crippen LogP contribution is 2.40. The van der Waals surface area contributed by atoms with E-state index in [4.69, 9.17) is 11.6 Å². The number of hydrogen-bond donors (Lipinski definition) is 1. The van der Waals surface area contributed by atoms with Crippen LogP contribution in [0.4, 0.5) is 0 Å². The molecule has 0 radical (unpaired) electrons. The molecule has 0 saturated carbocycles. The molecule has 0 aromatic heterocycles. The summed E-state index contributed by atoms with van der Waals surface area (Å²) in [6.45, 7) is 14.3. The predicted octanol–water partition coefficient (Wildman–Crippen LogP) is 7.35. The molecule has 6 heteroatoms. The van der Waals surface area contributed by atoms with Gasteiger partial charge in [-0.05, 0) is 79.7 Å². The standard InChI is InChI=1S/C32H43ClN2O3/c1-6-8-19-34(20-9-7-2)21-10-22-35-28(23-11-15-25(16-12-23)32(3,4)5)27(30(37)31(35)38)29(36)24-13-17-26(33)18-14-24/h11-18,28,36H,6-10,19-22H2,1-5H3/t28-/m1/s1. The molecule has 1 heterocycles. The van der Waals surface area contributed by atoms with Gasteiger partial charge in [0.05, 0.1) is 11.6 Å². The lowest BCUT2D eigenvalue weighted by Gasteiger charge is -2.28. The van der Waals surface area contributed by atoms with E-state index in [1.54, 1.807) is 29.2 Å². The Kier molecular flexibility index (Phi) is 10.6. The third-order valence-electron chi connectivity index (χ3n) is 7.28. The van der Waals surface area contributed by atoms with E-state index in [1.807, 2.05) is 12.1 Å². The Morgan fingerprint density at radius 3 is 1.97 bits per heavy atom. The number of carbonyl (C=O) groups excluding carboxylic acids is 2. The molecule has 0 bridgehead atoms. The summed E-state index contributed by atoms with van der Waals surface area (Å²) < 4.78 is 0. The fraction of sp³-hybridized carbons (Fsp3) is 0.500. The molecule has 3 rings (SSSR count). The van der Waals surface area contributed by atoms with Crippen molar-refractivity contribution in [1.29, 1.82) is 0 Å². The minimum Gasteiger partial charge on any atom is -0.507 e. The predicted molar refractivity (Wildman–Crippen MR) is 156 cm³/mol. The number of halogens is 1. The lowest BCUT2D eigenvalue weighted by atomic mass is 9.85. The molecule has 1 aliphatic heterocycles. The van der Waals surface area contributed by atoms with Gasteiger partial charge in [-0.25, -0.2) is 0 Å². The van der Waals surface area contributed by atoms with Crippen LogP contribution in [-0.2, 0) is 15.0 Å². The number of rotatable bonds is 12. The third-order valence-corrected chi connectivity index (χ3v) is 7.53. The van der Waals surface area contributed by atoms with Crippen molar-refractivity contribution < 1.29 is 14.7 Å². The van der Waals surface area contributed by atoms with Gasteiger partial charge in [-0.2, -0.15) is 0 Å². The van der Waals surface area contributed by atoms with E-state index >= 15 is 0 Å². The van der Waals surface area contributed by atoms with E-state index in [2.05, 4.69) is 51.7 Å². The number of unbranched alkanes of at least 4 members (excludes halogenated alkanes) is 2. The van der Waals surface area contributed by atoms with Crippen LogP contribution >= 0.6 is 11.6 Å². The molecule has 1 N–H and O–H groups in total. The number of ketones is 1. The minimum atomic E-state index is -0.642. The lowest BCUT2D eigenvalue weighted by Crippen LogP contribution is -2.34. The van der Waals surface area contributed by atoms with Crippen molar-refractivity contribution in [3.05, 3.63) is 75.8 Å². The zero-order valence-electron chi connectivity index (χ0n) is 23.6. The molecule has 2 aromatic carbocycles. The van der Waals surface area contributed by atoms with Gasteiger partial charge in [0.25, 0.3) is 11.7 Å². The number of benzene rings is 2. The van der Waals surface area contributed by atoms with Gasteiger partial charge in [0.2, 0.25) is 0 Å². The summed E-state index contributed by atoms with van der Waals surface area (Å²) in [5.41, 5.74) is 2.56. The van der Waals surface area contributed by atoms with E-state index in [-0.39, 0.29) is 16.7 Å². The smallest absolute Gasteiger partial charge is 0.295 e. The Hall–Kier alpha value is -2.63. The van der Waals surface area contributed by atoms with Crippen LogP contribution in [0, 0.1) is 0 Å². The number of likely N-dealkylation sites (tertiary alicyclic amines) is 1. The van der Waals surface area contributed by atoms with Crippen molar-refractivity contribution in [2.45, 2.75) is 78.2 Å². The third kappa shape index (κ3) is 7.27. The molecule has 5 nitrogen and oxygen atoms in total. The molecule has 0 aliphatic carbocycles. The van der Waals surface area contributed by atoms with Crippen LogP contribution in [0.2, 0.25) is 5.02 Å². The highest BCUT2D eigenvalue weighted by molar-refractivity contribution is 6.46. The molecule has 206 valence electrons. The molecule has 2 aromatic rings. The molecule has 1 atom stereocenters. The summed E-state index contributed by atoms with van der Waals surface area (Å²) in [6, 6.07) is 14.1. The first-order chi connectivity index (χ1) is 18.1. The number of aliphatic hydroxyl groups is 1. The Bertz CT molecular complexity index is 1110. The summed E-state index contributed by atoms with van der Waals surface area (Å²) in [6.07, 6.45) is 5.35. The highest BCUT2D eigenvalue weighted by atomic mass is 35.5. The van der Waals surface area contributed by atoms with E-state index in [0.717, 1.165) is 57.3 Å². The topological polar surface area (TPSA) is 60.9 Å². The molecular formula is C32H43ClN2O3. The largest absolute Gasteiger partial charge is 0.507 e. The fourth-order valence-electron chi connectivity index (χ4n) is 4.95. The van der Waals surface area contributed by atoms with Crippen LogP contribution in [0.1, 0.15) is 89.5 Å². The first kappa shape index (κ1) is 29.9. The number of amides is 1. The van der Waals surface area contributed by atoms with Gasteiger partial charge in [-0.3, -0.25) is 9.59 Å². The van der Waals surface area contributed by atoms with Crippen molar-refractivity contribution in [3.8, 4) is 0 Å². The van der Waals surface area contributed by atoms with Crippen molar-refractivity contribution in [3.63, 3.8) is 0 Å². The maximum absolute atomic E-state index is 13.3. The van der Waals surface area contributed by atoms with Gasteiger partial charge in [0.15, 0.2) is 0 Å². The van der Waals surface area contributed by atoms with Gasteiger partial charge < -0.3 is 14.9 Å². The quantitative estimate of drug-likeness (QED) is 0.174. The fourth-order valence-corrected chi connectivity index (χ4v) is 5.08. The Morgan fingerprint density at radius 1 is 0.895 bits per heavy atom. The van der Waals surface area contributed by atoms with Crippen molar-refractivity contribution >= 4 is 29.1 Å². The second-order valence-electron chi connectivity index (χ2n) is 11.3. The Balaban J connectivity index is 1.95. The van der Waals surface area contributed by atoms with E-state index < -0.39 is 17.7 Å². The van der Waals surface area contributed by atoms with Crippen LogP contribution in [-0.4, -0.2) is 52.8 Å². The zero-order chi connectivity index (χ0) is 27.9. The monoisotopic (exact) mass is 538 g/mol. The molecule has 38 heavy (non-hydrogen) atoms. The summed E-state index contributed by atoms with van der Waals surface area (Å²) >= 11 is 6.04. The van der Waals surface area contributed by atoms with Gasteiger partial charge in [0.1, 0.15) is 5.76 Å². The maximum atomic E-state index is 13.3. The maximum Gasteiger partial charge on any atom is 0.295 e. The summed E-state index contributed by atoms with van der Waals surface area (Å²) in [5, 5.41) is 11.8. The van der Waals surface area contributed by atoms with Crippen LogP contribution < -0.4 is 0 Å². The summed E-state index contributed by atoms with van der Waals surface area (Å²) in [5.74, 6) is -1.37. The first-order valence-electron chi connectivity index (χ1n) is 14.0. The normalized spacial score (nSPS) is 17.6. The zero-order valence-corrected chi connectivity index (χ0v) is 24.4. The van der Waals surface area contributed by atoms with Crippen LogP contribution in [0.15, 0.2) is 54.1 Å². The number of nitrogens with zero attached hydrogens (tertiary/aromatic N) is 2. The van der Waals surface area contributed by atoms with Crippen LogP contribution in [0.25, 0.3) is 5.76 Å².